The topological polar surface area (TPSA) is 74.2 Å². The highest BCUT2D eigenvalue weighted by Crippen LogP contribution is 2.18. The molecule has 3 aromatic rings. The first-order chi connectivity index (χ1) is 13.8. The van der Waals surface area contributed by atoms with Gasteiger partial charge in [-0.1, -0.05) is 0 Å². The molecule has 0 spiro atoms. The van der Waals surface area contributed by atoms with Gasteiger partial charge in [-0.2, -0.15) is 4.98 Å². The van der Waals surface area contributed by atoms with Gasteiger partial charge in [0.15, 0.2) is 0 Å². The van der Waals surface area contributed by atoms with Crippen molar-refractivity contribution in [3.8, 4) is 0 Å². The van der Waals surface area contributed by atoms with Crippen LogP contribution >= 0.6 is 0 Å². The lowest BCUT2D eigenvalue weighted by Crippen LogP contribution is -2.47. The maximum atomic E-state index is 4.79. The summed E-state index contributed by atoms with van der Waals surface area (Å²) in [6.07, 6.45) is 10.00. The maximum Gasteiger partial charge on any atom is 0.227 e. The van der Waals surface area contributed by atoms with Crippen molar-refractivity contribution in [3.63, 3.8) is 0 Å². The molecule has 0 unspecified atom stereocenters. The fourth-order valence-corrected chi connectivity index (χ4v) is 3.24. The summed E-state index contributed by atoms with van der Waals surface area (Å²) in [7, 11) is 2.03. The summed E-state index contributed by atoms with van der Waals surface area (Å²) >= 11 is 0. The molecule has 1 saturated heterocycles. The van der Waals surface area contributed by atoms with E-state index in [2.05, 4.69) is 34.6 Å². The normalized spacial score (nSPS) is 14.2. The molecule has 4 heterocycles. The molecule has 0 bridgehead atoms. The summed E-state index contributed by atoms with van der Waals surface area (Å²) in [5.74, 6) is 2.51. The lowest BCUT2D eigenvalue weighted by Gasteiger charge is -2.35. The van der Waals surface area contributed by atoms with E-state index in [9.17, 15) is 0 Å². The summed E-state index contributed by atoms with van der Waals surface area (Å²) in [6, 6.07) is 7.91. The van der Waals surface area contributed by atoms with Crippen molar-refractivity contribution in [2.24, 2.45) is 0 Å². The lowest BCUT2D eigenvalue weighted by molar-refractivity contribution is 0.633. The number of anilines is 3. The molecule has 8 heteroatoms. The third-order valence-corrected chi connectivity index (χ3v) is 4.89. The third-order valence-electron chi connectivity index (χ3n) is 4.89. The number of aromatic nitrogens is 5. The van der Waals surface area contributed by atoms with E-state index in [0.29, 0.717) is 0 Å². The standard InChI is InChI=1S/C20H24N8/c1-26(12-6-17-3-9-21-10-4-17)20-24-11-5-18(25-20)27-13-15-28(16-14-27)19-22-7-2-8-23-19/h2-5,7-11H,6,12-16H2,1H3. The predicted octanol–water partition coefficient (Wildman–Crippen LogP) is 1.67. The van der Waals surface area contributed by atoms with Crippen LogP contribution in [0.25, 0.3) is 0 Å². The Morgan fingerprint density at radius 3 is 2.32 bits per heavy atom. The predicted molar refractivity (Wildman–Crippen MR) is 110 cm³/mol. The first kappa shape index (κ1) is 18.1. The van der Waals surface area contributed by atoms with Crippen LogP contribution in [0.15, 0.2) is 55.2 Å². The fraction of sp³-hybridized carbons (Fsp3) is 0.350. The minimum absolute atomic E-state index is 0.750. The SMILES string of the molecule is CN(CCc1ccncc1)c1nccc(N2CCN(c3ncccn3)CC2)n1. The number of rotatable bonds is 6. The van der Waals surface area contributed by atoms with Gasteiger partial charge in [0.2, 0.25) is 11.9 Å². The van der Waals surface area contributed by atoms with E-state index < -0.39 is 0 Å². The van der Waals surface area contributed by atoms with Gasteiger partial charge in [0.05, 0.1) is 0 Å². The number of hydrogen-bond donors (Lipinski definition) is 0. The molecule has 4 rings (SSSR count). The highest BCUT2D eigenvalue weighted by atomic mass is 15.3. The van der Waals surface area contributed by atoms with Crippen molar-refractivity contribution in [1.82, 2.24) is 24.9 Å². The highest BCUT2D eigenvalue weighted by molar-refractivity contribution is 5.45. The van der Waals surface area contributed by atoms with Crippen LogP contribution in [0.1, 0.15) is 5.56 Å². The molecule has 3 aromatic heterocycles. The molecule has 8 nitrogen and oxygen atoms in total. The summed E-state index contributed by atoms with van der Waals surface area (Å²) < 4.78 is 0. The molecule has 144 valence electrons. The molecule has 28 heavy (non-hydrogen) atoms. The maximum absolute atomic E-state index is 4.79. The Kier molecular flexibility index (Phi) is 5.56. The molecule has 1 aliphatic rings. The van der Waals surface area contributed by atoms with Crippen molar-refractivity contribution >= 4 is 17.7 Å². The molecule has 1 fully saturated rings. The highest BCUT2D eigenvalue weighted by Gasteiger charge is 2.20. The van der Waals surface area contributed by atoms with Crippen LogP contribution in [0.3, 0.4) is 0 Å². The summed E-state index contributed by atoms with van der Waals surface area (Å²) in [5.41, 5.74) is 1.26. The van der Waals surface area contributed by atoms with Gasteiger partial charge in [0.25, 0.3) is 0 Å². The summed E-state index contributed by atoms with van der Waals surface area (Å²) in [6.45, 7) is 4.37. The van der Waals surface area contributed by atoms with Gasteiger partial charge in [-0.3, -0.25) is 4.98 Å². The van der Waals surface area contributed by atoms with E-state index >= 15 is 0 Å². The Morgan fingerprint density at radius 1 is 0.857 bits per heavy atom. The Hall–Kier alpha value is -3.29. The van der Waals surface area contributed by atoms with Crippen LogP contribution in [0.2, 0.25) is 0 Å². The van der Waals surface area contributed by atoms with E-state index in [1.165, 1.54) is 5.56 Å². The number of nitrogens with zero attached hydrogens (tertiary/aromatic N) is 8. The lowest BCUT2D eigenvalue weighted by atomic mass is 10.2. The second-order valence-electron chi connectivity index (χ2n) is 6.76. The van der Waals surface area contributed by atoms with Gasteiger partial charge < -0.3 is 14.7 Å². The largest absolute Gasteiger partial charge is 0.353 e. The van der Waals surface area contributed by atoms with Crippen molar-refractivity contribution in [3.05, 3.63) is 60.8 Å². The fourth-order valence-electron chi connectivity index (χ4n) is 3.24. The van der Waals surface area contributed by atoms with Gasteiger partial charge in [0, 0.05) is 70.8 Å². The van der Waals surface area contributed by atoms with Crippen molar-refractivity contribution in [2.75, 3.05) is 54.5 Å². The molecule has 0 radical (unpaired) electrons. The van der Waals surface area contributed by atoms with Crippen LogP contribution in [-0.2, 0) is 6.42 Å². The monoisotopic (exact) mass is 376 g/mol. The third kappa shape index (κ3) is 4.33. The molecule has 0 atom stereocenters. The number of piperazine rings is 1. The van der Waals surface area contributed by atoms with Crippen LogP contribution in [-0.4, -0.2) is 64.7 Å². The first-order valence-corrected chi connectivity index (χ1v) is 9.49. The van der Waals surface area contributed by atoms with Crippen LogP contribution < -0.4 is 14.7 Å². The van der Waals surface area contributed by atoms with Gasteiger partial charge in [-0.05, 0) is 36.2 Å². The zero-order valence-electron chi connectivity index (χ0n) is 16.0. The Bertz CT molecular complexity index is 866. The molecule has 0 saturated carbocycles. The second-order valence-corrected chi connectivity index (χ2v) is 6.76. The average Bonchev–Trinajstić information content (AvgIpc) is 2.79. The Morgan fingerprint density at radius 2 is 1.57 bits per heavy atom. The first-order valence-electron chi connectivity index (χ1n) is 9.49. The van der Waals surface area contributed by atoms with Gasteiger partial charge in [-0.25, -0.2) is 15.0 Å². The van der Waals surface area contributed by atoms with Crippen LogP contribution in [0.4, 0.5) is 17.7 Å². The minimum Gasteiger partial charge on any atom is -0.353 e. The van der Waals surface area contributed by atoms with Gasteiger partial charge >= 0.3 is 0 Å². The number of hydrogen-bond acceptors (Lipinski definition) is 8. The number of pyridine rings is 1. The number of likely N-dealkylation sites (N-methyl/N-ethyl adjacent to an activating group) is 1. The van der Waals surface area contributed by atoms with E-state index in [1.54, 1.807) is 12.4 Å². The summed E-state index contributed by atoms with van der Waals surface area (Å²) in [5, 5.41) is 0. The molecule has 0 amide bonds. The van der Waals surface area contributed by atoms with E-state index in [4.69, 9.17) is 4.98 Å². The van der Waals surface area contributed by atoms with Gasteiger partial charge in [0.1, 0.15) is 5.82 Å². The van der Waals surface area contributed by atoms with E-state index in [-0.39, 0.29) is 0 Å². The second kappa shape index (κ2) is 8.60. The molecule has 0 aromatic carbocycles. The summed E-state index contributed by atoms with van der Waals surface area (Å²) in [4.78, 5) is 28.6. The molecule has 1 aliphatic heterocycles. The zero-order valence-corrected chi connectivity index (χ0v) is 16.0. The smallest absolute Gasteiger partial charge is 0.227 e. The molecular weight excluding hydrogens is 352 g/mol. The van der Waals surface area contributed by atoms with Crippen molar-refractivity contribution in [1.29, 1.82) is 0 Å². The average molecular weight is 376 g/mol. The quantitative estimate of drug-likeness (QED) is 0.643. The molecule has 0 aliphatic carbocycles. The van der Waals surface area contributed by atoms with E-state index in [1.807, 2.05) is 49.9 Å². The van der Waals surface area contributed by atoms with Gasteiger partial charge in [-0.15, -0.1) is 0 Å². The molecule has 0 N–H and O–H groups in total. The molecular formula is C20H24N8. The van der Waals surface area contributed by atoms with Crippen molar-refractivity contribution < 1.29 is 0 Å². The van der Waals surface area contributed by atoms with Crippen LogP contribution in [0.5, 0.6) is 0 Å². The minimum atomic E-state index is 0.750. The van der Waals surface area contributed by atoms with Crippen LogP contribution in [0, 0.1) is 0 Å². The van der Waals surface area contributed by atoms with E-state index in [0.717, 1.165) is 56.9 Å². The Labute approximate surface area is 164 Å². The zero-order chi connectivity index (χ0) is 19.2. The Balaban J connectivity index is 1.36. The van der Waals surface area contributed by atoms with Crippen molar-refractivity contribution in [2.45, 2.75) is 6.42 Å².